The maximum Gasteiger partial charge on any atom is 0.413 e. The number of halogens is 1. The summed E-state index contributed by atoms with van der Waals surface area (Å²) in [6.45, 7) is 4.31. The molecule has 0 atom stereocenters. The SMILES string of the molecule is CO[Si](Br)(CC(C)C)OC. The van der Waals surface area contributed by atoms with Gasteiger partial charge in [0.1, 0.15) is 0 Å². The van der Waals surface area contributed by atoms with Gasteiger partial charge in [0, 0.05) is 20.3 Å². The van der Waals surface area contributed by atoms with Crippen LogP contribution < -0.4 is 0 Å². The lowest BCUT2D eigenvalue weighted by Gasteiger charge is -2.21. The molecule has 0 aromatic carbocycles. The molecule has 0 spiro atoms. The maximum atomic E-state index is 5.23. The molecule has 2 nitrogen and oxygen atoms in total. The molecule has 0 unspecified atom stereocenters. The van der Waals surface area contributed by atoms with Crippen molar-refractivity contribution in [1.82, 2.24) is 0 Å². The second-order valence-corrected chi connectivity index (χ2v) is 8.84. The molecule has 4 heteroatoms. The monoisotopic (exact) mass is 226 g/mol. The number of rotatable bonds is 4. The van der Waals surface area contributed by atoms with Gasteiger partial charge in [-0.15, -0.1) is 0 Å². The fourth-order valence-electron chi connectivity index (χ4n) is 0.738. The van der Waals surface area contributed by atoms with Crippen molar-refractivity contribution >= 4 is 22.5 Å². The van der Waals surface area contributed by atoms with E-state index in [0.717, 1.165) is 6.04 Å². The summed E-state index contributed by atoms with van der Waals surface area (Å²) in [7, 11) is 1.43. The van der Waals surface area contributed by atoms with Crippen molar-refractivity contribution in [2.45, 2.75) is 19.9 Å². The second-order valence-electron chi connectivity index (χ2n) is 2.67. The minimum absolute atomic E-state index is 0.617. The van der Waals surface area contributed by atoms with Crippen molar-refractivity contribution in [2.24, 2.45) is 5.92 Å². The predicted molar refractivity (Wildman–Crippen MR) is 48.3 cm³/mol. The zero-order valence-corrected chi connectivity index (χ0v) is 9.56. The Hall–Kier alpha value is 0.617. The van der Waals surface area contributed by atoms with Crippen LogP contribution in [0.4, 0.5) is 0 Å². The first kappa shape index (κ1) is 10.6. The predicted octanol–water partition coefficient (Wildman–Crippen LogP) is 2.27. The Bertz CT molecular complexity index is 93.7. The Morgan fingerprint density at radius 2 is 1.70 bits per heavy atom. The maximum absolute atomic E-state index is 5.23. The summed E-state index contributed by atoms with van der Waals surface area (Å²) in [5.74, 6) is 0.617. The van der Waals surface area contributed by atoms with Crippen molar-refractivity contribution in [3.05, 3.63) is 0 Å². The van der Waals surface area contributed by atoms with E-state index in [2.05, 4.69) is 29.1 Å². The first-order chi connectivity index (χ1) is 4.54. The smallest absolute Gasteiger partial charge is 0.390 e. The van der Waals surface area contributed by atoms with Crippen LogP contribution >= 0.6 is 15.3 Å². The van der Waals surface area contributed by atoms with E-state index in [1.807, 2.05) is 0 Å². The molecule has 0 aliphatic carbocycles. The first-order valence-electron chi connectivity index (χ1n) is 3.33. The van der Waals surface area contributed by atoms with Crippen LogP contribution in [-0.4, -0.2) is 21.4 Å². The molecule has 0 amide bonds. The number of hydrogen-bond donors (Lipinski definition) is 0. The van der Waals surface area contributed by atoms with E-state index in [4.69, 9.17) is 8.85 Å². The Morgan fingerprint density at radius 3 is 1.80 bits per heavy atom. The summed E-state index contributed by atoms with van der Waals surface area (Å²) < 4.78 is 10.5. The van der Waals surface area contributed by atoms with Gasteiger partial charge in [0.15, 0.2) is 0 Å². The van der Waals surface area contributed by atoms with Gasteiger partial charge in [0.25, 0.3) is 0 Å². The summed E-state index contributed by atoms with van der Waals surface area (Å²) in [6.07, 6.45) is 0. The van der Waals surface area contributed by atoms with E-state index in [0.29, 0.717) is 5.92 Å². The quantitative estimate of drug-likeness (QED) is 0.541. The largest absolute Gasteiger partial charge is 0.413 e. The van der Waals surface area contributed by atoms with E-state index >= 15 is 0 Å². The fourth-order valence-corrected chi connectivity index (χ4v) is 4.16. The molecule has 0 aromatic rings. The molecule has 0 saturated carbocycles. The topological polar surface area (TPSA) is 18.5 Å². The molecular formula is C6H15BrO2Si. The summed E-state index contributed by atoms with van der Waals surface area (Å²) >= 11 is 3.48. The van der Waals surface area contributed by atoms with Gasteiger partial charge in [-0.1, -0.05) is 29.1 Å². The van der Waals surface area contributed by atoms with Crippen molar-refractivity contribution in [1.29, 1.82) is 0 Å². The van der Waals surface area contributed by atoms with Crippen LogP contribution in [0, 0.1) is 5.92 Å². The van der Waals surface area contributed by atoms with Crippen molar-refractivity contribution in [2.75, 3.05) is 14.2 Å². The zero-order chi connectivity index (χ0) is 8.20. The molecule has 0 aromatic heterocycles. The lowest BCUT2D eigenvalue weighted by Crippen LogP contribution is -2.33. The first-order valence-corrected chi connectivity index (χ1v) is 7.61. The molecule has 0 heterocycles. The normalized spacial score (nSPS) is 12.6. The average molecular weight is 227 g/mol. The fraction of sp³-hybridized carbons (Fsp3) is 1.00. The highest BCUT2D eigenvalue weighted by atomic mass is 79.9. The molecule has 10 heavy (non-hydrogen) atoms. The minimum atomic E-state index is -1.95. The minimum Gasteiger partial charge on any atom is -0.390 e. The highest BCUT2D eigenvalue weighted by Crippen LogP contribution is 2.23. The Labute approximate surface area is 71.7 Å². The third-order valence-electron chi connectivity index (χ3n) is 1.26. The molecular weight excluding hydrogens is 212 g/mol. The van der Waals surface area contributed by atoms with Gasteiger partial charge >= 0.3 is 7.18 Å². The van der Waals surface area contributed by atoms with Crippen LogP contribution in [0.2, 0.25) is 6.04 Å². The summed E-state index contributed by atoms with van der Waals surface area (Å²) in [4.78, 5) is 0. The van der Waals surface area contributed by atoms with Crippen molar-refractivity contribution in [3.63, 3.8) is 0 Å². The molecule has 62 valence electrons. The standard InChI is InChI=1S/C6H15BrO2Si/c1-6(2)5-10(7,8-3)9-4/h6H,5H2,1-4H3. The van der Waals surface area contributed by atoms with E-state index in [1.54, 1.807) is 14.2 Å². The van der Waals surface area contributed by atoms with Crippen LogP contribution in [0.25, 0.3) is 0 Å². The molecule has 0 radical (unpaired) electrons. The molecule has 0 fully saturated rings. The lowest BCUT2D eigenvalue weighted by atomic mass is 10.3. The zero-order valence-electron chi connectivity index (χ0n) is 6.98. The van der Waals surface area contributed by atoms with Crippen LogP contribution in [-0.2, 0) is 8.85 Å². The molecule has 0 aliphatic rings. The third kappa shape index (κ3) is 3.70. The molecule has 0 N–H and O–H groups in total. The van der Waals surface area contributed by atoms with Gasteiger partial charge in [-0.05, 0) is 5.92 Å². The Kier molecular flexibility index (Phi) is 4.76. The molecule has 0 bridgehead atoms. The second kappa shape index (κ2) is 4.49. The Balaban J connectivity index is 3.80. The summed E-state index contributed by atoms with van der Waals surface area (Å²) in [5.41, 5.74) is 0. The lowest BCUT2D eigenvalue weighted by molar-refractivity contribution is 0.265. The van der Waals surface area contributed by atoms with Crippen molar-refractivity contribution < 1.29 is 8.85 Å². The van der Waals surface area contributed by atoms with Gasteiger partial charge in [-0.25, -0.2) is 0 Å². The number of hydrogen-bond acceptors (Lipinski definition) is 2. The van der Waals surface area contributed by atoms with Gasteiger partial charge in [-0.3, -0.25) is 0 Å². The molecule has 0 saturated heterocycles. The van der Waals surface area contributed by atoms with E-state index in [-0.39, 0.29) is 0 Å². The summed E-state index contributed by atoms with van der Waals surface area (Å²) in [5, 5.41) is 0. The van der Waals surface area contributed by atoms with Crippen LogP contribution in [0.5, 0.6) is 0 Å². The van der Waals surface area contributed by atoms with Gasteiger partial charge < -0.3 is 8.85 Å². The van der Waals surface area contributed by atoms with Crippen LogP contribution in [0.15, 0.2) is 0 Å². The van der Waals surface area contributed by atoms with Crippen LogP contribution in [0.3, 0.4) is 0 Å². The van der Waals surface area contributed by atoms with E-state index < -0.39 is 7.18 Å². The molecule has 0 rings (SSSR count). The molecule has 0 aliphatic heterocycles. The highest BCUT2D eigenvalue weighted by molar-refractivity contribution is 9.25. The summed E-state index contributed by atoms with van der Waals surface area (Å²) in [6, 6.07) is 0.986. The van der Waals surface area contributed by atoms with E-state index in [9.17, 15) is 0 Å². The average Bonchev–Trinajstić information content (AvgIpc) is 1.87. The van der Waals surface area contributed by atoms with Gasteiger partial charge in [-0.2, -0.15) is 0 Å². The highest BCUT2D eigenvalue weighted by Gasteiger charge is 2.32. The third-order valence-corrected chi connectivity index (χ3v) is 6.70. The van der Waals surface area contributed by atoms with Crippen LogP contribution in [0.1, 0.15) is 13.8 Å². The van der Waals surface area contributed by atoms with Gasteiger partial charge in [0.05, 0.1) is 0 Å². The van der Waals surface area contributed by atoms with Gasteiger partial charge in [0.2, 0.25) is 0 Å². The van der Waals surface area contributed by atoms with Crippen molar-refractivity contribution in [3.8, 4) is 0 Å². The van der Waals surface area contributed by atoms with E-state index in [1.165, 1.54) is 0 Å². The Morgan fingerprint density at radius 1 is 1.30 bits per heavy atom.